The lowest BCUT2D eigenvalue weighted by molar-refractivity contribution is -0.139. The van der Waals surface area contributed by atoms with Crippen molar-refractivity contribution in [3.8, 4) is 11.5 Å². The van der Waals surface area contributed by atoms with E-state index in [-0.39, 0.29) is 28.9 Å². The summed E-state index contributed by atoms with van der Waals surface area (Å²) < 4.78 is 66.5. The molecule has 41 heavy (non-hydrogen) atoms. The van der Waals surface area contributed by atoms with Crippen LogP contribution < -0.4 is 19.1 Å². The topological polar surface area (TPSA) is 105 Å². The van der Waals surface area contributed by atoms with E-state index in [1.165, 1.54) is 80.6 Å². The number of benzene rings is 3. The quantitative estimate of drug-likeness (QED) is 0.341. The van der Waals surface area contributed by atoms with Gasteiger partial charge in [-0.2, -0.15) is 0 Å². The van der Waals surface area contributed by atoms with Gasteiger partial charge in [-0.25, -0.2) is 17.2 Å². The third-order valence-electron chi connectivity index (χ3n) is 6.20. The van der Waals surface area contributed by atoms with Gasteiger partial charge in [-0.1, -0.05) is 12.1 Å². The molecule has 9 nitrogen and oxygen atoms in total. The summed E-state index contributed by atoms with van der Waals surface area (Å²) in [5.41, 5.74) is 0.551. The Morgan fingerprint density at radius 3 is 1.95 bits per heavy atom. The summed E-state index contributed by atoms with van der Waals surface area (Å²) >= 11 is 0. The summed E-state index contributed by atoms with van der Waals surface area (Å²) in [7, 11) is -1.66. The first kappa shape index (κ1) is 31.3. The molecule has 1 N–H and O–H groups in total. The molecule has 220 valence electrons. The molecule has 0 heterocycles. The molecule has 0 bridgehead atoms. The Hall–Kier alpha value is -4.19. The van der Waals surface area contributed by atoms with Crippen molar-refractivity contribution in [2.24, 2.45) is 0 Å². The highest BCUT2D eigenvalue weighted by atomic mass is 32.2. The van der Waals surface area contributed by atoms with Crippen LogP contribution in [0, 0.1) is 11.6 Å². The van der Waals surface area contributed by atoms with Gasteiger partial charge in [-0.05, 0) is 74.9 Å². The number of carbonyl (C=O) groups is 2. The SMILES string of the molecule is COc1ccc(S(=O)(=O)N(CC(=O)N(Cc2ccc(F)cc2)[C@@H](C)C(=O)NC(C)C)c2ccc(F)cc2)cc1OC. The van der Waals surface area contributed by atoms with E-state index in [1.54, 1.807) is 13.8 Å². The van der Waals surface area contributed by atoms with Gasteiger partial charge in [0.2, 0.25) is 11.8 Å². The minimum atomic E-state index is -4.42. The summed E-state index contributed by atoms with van der Waals surface area (Å²) in [6.45, 7) is 4.23. The van der Waals surface area contributed by atoms with Crippen LogP contribution in [-0.4, -0.2) is 58.0 Å². The van der Waals surface area contributed by atoms with Gasteiger partial charge in [-0.3, -0.25) is 13.9 Å². The molecule has 0 aromatic heterocycles. The minimum absolute atomic E-state index is 0.0237. The standard InChI is InChI=1S/C29H33F2N3O6S/c1-19(2)32-29(36)20(3)33(17-21-6-8-22(30)9-7-21)28(35)18-34(24-12-10-23(31)11-13-24)41(37,38)25-14-15-26(39-4)27(16-25)40-5/h6-16,19-20H,17-18H2,1-5H3,(H,32,36)/t20-/m0/s1. The average Bonchev–Trinajstić information content (AvgIpc) is 2.94. The van der Waals surface area contributed by atoms with Gasteiger partial charge in [-0.15, -0.1) is 0 Å². The van der Waals surface area contributed by atoms with Gasteiger partial charge < -0.3 is 19.7 Å². The second-order valence-electron chi connectivity index (χ2n) is 9.49. The summed E-state index contributed by atoms with van der Waals surface area (Å²) in [6, 6.07) is 12.8. The number of rotatable bonds is 12. The Balaban J connectivity index is 2.06. The number of hydrogen-bond donors (Lipinski definition) is 1. The summed E-state index contributed by atoms with van der Waals surface area (Å²) in [4.78, 5) is 27.8. The number of nitrogens with one attached hydrogen (secondary N) is 1. The van der Waals surface area contributed by atoms with Crippen molar-refractivity contribution in [3.63, 3.8) is 0 Å². The number of hydrogen-bond acceptors (Lipinski definition) is 6. The number of carbonyl (C=O) groups excluding carboxylic acids is 2. The summed E-state index contributed by atoms with van der Waals surface area (Å²) in [5.74, 6) is -1.79. The average molecular weight is 590 g/mol. The van der Waals surface area contributed by atoms with Crippen LogP contribution in [0.3, 0.4) is 0 Å². The zero-order valence-electron chi connectivity index (χ0n) is 23.4. The van der Waals surface area contributed by atoms with Gasteiger partial charge in [0, 0.05) is 18.7 Å². The van der Waals surface area contributed by atoms with Crippen LogP contribution in [0.1, 0.15) is 26.3 Å². The number of sulfonamides is 1. The van der Waals surface area contributed by atoms with Crippen LogP contribution in [0.15, 0.2) is 71.6 Å². The minimum Gasteiger partial charge on any atom is -0.493 e. The lowest BCUT2D eigenvalue weighted by atomic mass is 10.1. The molecule has 0 saturated heterocycles. The van der Waals surface area contributed by atoms with Gasteiger partial charge in [0.25, 0.3) is 10.0 Å². The Kier molecular flexibility index (Phi) is 10.3. The maximum absolute atomic E-state index is 13.9. The van der Waals surface area contributed by atoms with Crippen LogP contribution in [0.25, 0.3) is 0 Å². The maximum atomic E-state index is 13.9. The monoisotopic (exact) mass is 589 g/mol. The lowest BCUT2D eigenvalue weighted by Gasteiger charge is -2.32. The van der Waals surface area contributed by atoms with Crippen LogP contribution in [0.2, 0.25) is 0 Å². The molecule has 0 aliphatic carbocycles. The molecule has 0 aliphatic rings. The highest BCUT2D eigenvalue weighted by molar-refractivity contribution is 7.92. The Labute approximate surface area is 238 Å². The summed E-state index contributed by atoms with van der Waals surface area (Å²) in [6.07, 6.45) is 0. The van der Waals surface area contributed by atoms with Crippen molar-refractivity contribution >= 4 is 27.5 Å². The molecule has 3 rings (SSSR count). The first-order chi connectivity index (χ1) is 19.4. The van der Waals surface area contributed by atoms with E-state index in [2.05, 4.69) is 5.32 Å². The van der Waals surface area contributed by atoms with E-state index >= 15 is 0 Å². The van der Waals surface area contributed by atoms with Crippen molar-refractivity contribution in [2.75, 3.05) is 25.1 Å². The molecule has 2 amide bonds. The van der Waals surface area contributed by atoms with Crippen molar-refractivity contribution in [1.29, 1.82) is 0 Å². The van der Waals surface area contributed by atoms with Gasteiger partial charge in [0.05, 0.1) is 24.8 Å². The molecular formula is C29H33F2N3O6S. The van der Waals surface area contributed by atoms with E-state index in [1.807, 2.05) is 0 Å². The van der Waals surface area contributed by atoms with Gasteiger partial charge in [0.15, 0.2) is 11.5 Å². The van der Waals surface area contributed by atoms with Crippen LogP contribution in [0.5, 0.6) is 11.5 Å². The van der Waals surface area contributed by atoms with Crippen molar-refractivity contribution in [1.82, 2.24) is 10.2 Å². The highest BCUT2D eigenvalue weighted by Gasteiger charge is 2.33. The molecule has 0 unspecified atom stereocenters. The molecule has 3 aromatic rings. The number of nitrogens with zero attached hydrogens (tertiary/aromatic N) is 2. The number of methoxy groups -OCH3 is 2. The Morgan fingerprint density at radius 2 is 1.41 bits per heavy atom. The Morgan fingerprint density at radius 1 is 0.854 bits per heavy atom. The third-order valence-corrected chi connectivity index (χ3v) is 7.97. The van der Waals surface area contributed by atoms with Crippen LogP contribution in [0.4, 0.5) is 14.5 Å². The molecule has 0 fully saturated rings. The molecule has 0 aliphatic heterocycles. The third kappa shape index (κ3) is 7.72. The van der Waals surface area contributed by atoms with Crippen molar-refractivity contribution < 1.29 is 36.3 Å². The zero-order valence-corrected chi connectivity index (χ0v) is 24.2. The molecule has 1 atom stereocenters. The second-order valence-corrected chi connectivity index (χ2v) is 11.4. The number of halogens is 2. The maximum Gasteiger partial charge on any atom is 0.264 e. The van der Waals surface area contributed by atoms with Gasteiger partial charge >= 0.3 is 0 Å². The highest BCUT2D eigenvalue weighted by Crippen LogP contribution is 2.32. The van der Waals surface area contributed by atoms with E-state index in [4.69, 9.17) is 9.47 Å². The fourth-order valence-corrected chi connectivity index (χ4v) is 5.44. The van der Waals surface area contributed by atoms with E-state index in [0.717, 1.165) is 16.4 Å². The largest absolute Gasteiger partial charge is 0.493 e. The number of amides is 2. The first-order valence-corrected chi connectivity index (χ1v) is 14.2. The van der Waals surface area contributed by atoms with Gasteiger partial charge in [0.1, 0.15) is 24.2 Å². The molecule has 0 saturated carbocycles. The van der Waals surface area contributed by atoms with E-state index in [9.17, 15) is 26.8 Å². The Bertz CT molecular complexity index is 1460. The predicted octanol–water partition coefficient (Wildman–Crippen LogP) is 4.12. The van der Waals surface area contributed by atoms with E-state index in [0.29, 0.717) is 11.3 Å². The van der Waals surface area contributed by atoms with E-state index < -0.39 is 46.1 Å². The second kappa shape index (κ2) is 13.4. The number of ether oxygens (including phenoxy) is 2. The molecule has 12 heteroatoms. The predicted molar refractivity (Wildman–Crippen MR) is 150 cm³/mol. The fourth-order valence-electron chi connectivity index (χ4n) is 4.01. The smallest absolute Gasteiger partial charge is 0.264 e. The molecule has 0 spiro atoms. The van der Waals surface area contributed by atoms with Crippen LogP contribution >= 0.6 is 0 Å². The summed E-state index contributed by atoms with van der Waals surface area (Å²) in [5, 5.41) is 2.75. The van der Waals surface area contributed by atoms with Crippen LogP contribution in [-0.2, 0) is 26.2 Å². The first-order valence-electron chi connectivity index (χ1n) is 12.7. The normalized spacial score (nSPS) is 12.0. The lowest BCUT2D eigenvalue weighted by Crippen LogP contribution is -2.52. The number of anilines is 1. The van der Waals surface area contributed by atoms with Crippen molar-refractivity contribution in [3.05, 3.63) is 83.9 Å². The van der Waals surface area contributed by atoms with Crippen molar-refractivity contribution in [2.45, 2.75) is 44.3 Å². The molecule has 3 aromatic carbocycles. The molecule has 0 radical (unpaired) electrons. The zero-order chi connectivity index (χ0) is 30.3. The molecular weight excluding hydrogens is 556 g/mol. The fraction of sp³-hybridized carbons (Fsp3) is 0.310.